The minimum Gasteiger partial charge on any atom is -0.496 e. The Hall–Kier alpha value is -8.04. The molecule has 6 aliphatic carbocycles. The number of rotatable bonds is 32. The highest BCUT2D eigenvalue weighted by Gasteiger charge is 2.60. The first-order valence-corrected chi connectivity index (χ1v) is 42.3. The summed E-state index contributed by atoms with van der Waals surface area (Å²) in [6.45, 7) is 19.3. The van der Waals surface area contributed by atoms with Crippen molar-refractivity contribution in [1.29, 1.82) is 0 Å². The van der Waals surface area contributed by atoms with Gasteiger partial charge in [-0.2, -0.15) is 10.1 Å². The van der Waals surface area contributed by atoms with E-state index in [0.717, 1.165) is 89.0 Å². The number of hydroxylamine groups is 4. The maximum absolute atomic E-state index is 14.9. The molecule has 116 heavy (non-hydrogen) atoms. The topological polar surface area (TPSA) is 280 Å². The molecule has 24 nitrogen and oxygen atoms in total. The van der Waals surface area contributed by atoms with Crippen molar-refractivity contribution < 1.29 is 63.2 Å². The lowest BCUT2D eigenvalue weighted by molar-refractivity contribution is -0.183. The molecule has 5 aromatic carbocycles. The van der Waals surface area contributed by atoms with Crippen LogP contribution in [0.2, 0.25) is 0 Å². The number of carbonyl (C=O) groups is 6. The van der Waals surface area contributed by atoms with E-state index >= 15 is 0 Å². The van der Waals surface area contributed by atoms with Crippen LogP contribution in [0.25, 0.3) is 22.3 Å². The Kier molecular flexibility index (Phi) is 29.3. The van der Waals surface area contributed by atoms with E-state index in [1.807, 2.05) is 146 Å². The summed E-state index contributed by atoms with van der Waals surface area (Å²) in [4.78, 5) is 104. The van der Waals surface area contributed by atoms with Gasteiger partial charge in [0, 0.05) is 129 Å². The summed E-state index contributed by atoms with van der Waals surface area (Å²) in [5, 5.41) is 51.3. The van der Waals surface area contributed by atoms with Crippen LogP contribution in [0.5, 0.6) is 11.5 Å². The predicted molar refractivity (Wildman–Crippen MR) is 454 cm³/mol. The number of benzene rings is 5. The molecule has 0 radical (unpaired) electrons. The lowest BCUT2D eigenvalue weighted by atomic mass is 9.45. The first-order valence-electron chi connectivity index (χ1n) is 42.3. The van der Waals surface area contributed by atoms with Gasteiger partial charge in [-0.25, -0.2) is 0 Å². The molecule has 18 atom stereocenters. The number of ether oxygens (including phenoxy) is 2. The van der Waals surface area contributed by atoms with E-state index < -0.39 is 48.3 Å². The summed E-state index contributed by atoms with van der Waals surface area (Å²) < 4.78 is 12.3. The minimum absolute atomic E-state index is 0.0270. The Morgan fingerprint density at radius 1 is 0.621 bits per heavy atom. The van der Waals surface area contributed by atoms with Crippen molar-refractivity contribution in [2.24, 2.45) is 64.1 Å². The van der Waals surface area contributed by atoms with Crippen molar-refractivity contribution in [3.8, 4) is 33.8 Å². The molecule has 0 spiro atoms. The lowest BCUT2D eigenvalue weighted by Crippen LogP contribution is -2.62. The predicted octanol–water partition coefficient (Wildman–Crippen LogP) is 10.0. The van der Waals surface area contributed by atoms with Gasteiger partial charge in [0.1, 0.15) is 47.6 Å². The van der Waals surface area contributed by atoms with Crippen LogP contribution < -0.4 is 45.9 Å². The van der Waals surface area contributed by atoms with E-state index in [2.05, 4.69) is 96.1 Å². The molecule has 14 rings (SSSR count). The van der Waals surface area contributed by atoms with Crippen molar-refractivity contribution in [2.75, 3.05) is 113 Å². The number of methoxy groups -OCH3 is 2. The number of amides is 5. The monoisotopic (exact) mass is 1600 g/mol. The fraction of sp³-hybridized carbons (Fsp3) is 0.609. The van der Waals surface area contributed by atoms with Gasteiger partial charge in [-0.1, -0.05) is 115 Å². The molecule has 9 aliphatic rings. The number of para-hydroxylation sites is 2. The van der Waals surface area contributed by atoms with E-state index in [1.54, 1.807) is 43.4 Å². The highest BCUT2D eigenvalue weighted by molar-refractivity contribution is 6.00. The molecule has 6 saturated carbocycles. The Bertz CT molecular complexity index is 4230. The summed E-state index contributed by atoms with van der Waals surface area (Å²) >= 11 is 0. The first-order chi connectivity index (χ1) is 55.1. The Labute approximate surface area is 688 Å². The van der Waals surface area contributed by atoms with Crippen LogP contribution in [-0.4, -0.2) is 229 Å². The van der Waals surface area contributed by atoms with Gasteiger partial charge in [-0.3, -0.25) is 38.4 Å². The molecule has 634 valence electrons. The average Bonchev–Trinajstić information content (AvgIpc) is 0.809. The molecule has 3 heterocycles. The summed E-state index contributed by atoms with van der Waals surface area (Å²) in [6, 6.07) is 31.0. The third kappa shape index (κ3) is 19.9. The zero-order chi connectivity index (χ0) is 83.9. The molecule has 1 unspecified atom stereocenters. The smallest absolute Gasteiger partial charge is 0.252 e. The number of Topliss-reactive ketones (excluding diaryl/α,β-unsaturated/α-hetero) is 1. The third-order valence-corrected chi connectivity index (χ3v) is 27.2. The van der Waals surface area contributed by atoms with E-state index in [4.69, 9.17) is 19.1 Å². The molecule has 5 aromatic rings. The number of hydrogen-bond acceptors (Lipinski definition) is 19. The second kappa shape index (κ2) is 38.3. The highest BCUT2D eigenvalue weighted by atomic mass is 16.7. The number of aliphatic hydroxyl groups excluding tert-OH is 3. The second-order valence-electron chi connectivity index (χ2n) is 36.6. The molecular weight excluding hydrogens is 1470 g/mol. The summed E-state index contributed by atoms with van der Waals surface area (Å²) in [7, 11) is 19.0. The number of nitrogens with one attached hydrogen (secondary N) is 5. The second-order valence-corrected chi connectivity index (χ2v) is 36.6. The number of ketones is 1. The van der Waals surface area contributed by atoms with Crippen LogP contribution in [0.4, 0.5) is 11.4 Å². The van der Waals surface area contributed by atoms with Gasteiger partial charge in [0.2, 0.25) is 17.7 Å². The van der Waals surface area contributed by atoms with Gasteiger partial charge in [-0.05, 0) is 205 Å². The zero-order valence-corrected chi connectivity index (χ0v) is 72.0. The average molecular weight is 1600 g/mol. The fourth-order valence-corrected chi connectivity index (χ4v) is 20.4. The van der Waals surface area contributed by atoms with Gasteiger partial charge < -0.3 is 71.0 Å². The van der Waals surface area contributed by atoms with E-state index in [-0.39, 0.29) is 96.5 Å². The van der Waals surface area contributed by atoms with E-state index in [0.29, 0.717) is 96.9 Å². The van der Waals surface area contributed by atoms with Crippen LogP contribution in [-0.2, 0) is 48.4 Å². The van der Waals surface area contributed by atoms with Gasteiger partial charge in [0.25, 0.3) is 11.8 Å². The van der Waals surface area contributed by atoms with Crippen molar-refractivity contribution >= 4 is 46.7 Å². The normalized spacial score (nSPS) is 27.3. The van der Waals surface area contributed by atoms with E-state index in [9.17, 15) is 44.1 Å². The summed E-state index contributed by atoms with van der Waals surface area (Å²) in [6.07, 6.45) is 6.41. The number of aliphatic hydroxyl groups is 3. The van der Waals surface area contributed by atoms with Crippen LogP contribution in [0.3, 0.4) is 0 Å². The van der Waals surface area contributed by atoms with Crippen molar-refractivity contribution in [1.82, 2.24) is 46.5 Å². The molecule has 24 heteroatoms. The minimum atomic E-state index is -0.912. The zero-order valence-electron chi connectivity index (χ0n) is 72.0. The number of anilines is 2. The molecule has 0 aromatic heterocycles. The van der Waals surface area contributed by atoms with Crippen LogP contribution >= 0.6 is 0 Å². The van der Waals surface area contributed by atoms with Gasteiger partial charge in [0.05, 0.1) is 46.6 Å². The Balaban J connectivity index is 0.000000233. The number of carbonyl (C=O) groups excluding carboxylic acids is 6. The SMILES string of the molecule is COc1c(CN2O[C@@H](CO)[C@@H]([C@H](C)CC(=O)CCCN(C)C)[C@H]2C(=O)N[C@H]2C[C@H]3C[C@@H]([C@@H]2C)C3(C)C)cccc1-c1cc(C(=O)N[C@@H](Cc2ccccc2)CN(C)C)cc(N(C)C)c1.COc1c(CN2O[C@@H](CO)[C@H]([C@H](C)O)[C@H]2C(=O)N[C@H]2C[C@H]3C[C@@H]([C@@H]2C)C3(C)C)cccc1-c1cc(C(=O)NC2CCCCNC2=O)cc(N(C)C)c1. The maximum Gasteiger partial charge on any atom is 0.252 e. The summed E-state index contributed by atoms with van der Waals surface area (Å²) in [5.74, 6) is 1.82. The van der Waals surface area contributed by atoms with Gasteiger partial charge >= 0.3 is 0 Å². The third-order valence-electron chi connectivity index (χ3n) is 27.2. The number of hydrogen-bond donors (Lipinski definition) is 8. The largest absolute Gasteiger partial charge is 0.496 e. The molecule has 9 fully saturated rings. The lowest BCUT2D eigenvalue weighted by Gasteiger charge is -2.62. The molecular formula is C92H133N11O13. The van der Waals surface area contributed by atoms with Crippen molar-refractivity contribution in [3.05, 3.63) is 131 Å². The van der Waals surface area contributed by atoms with Gasteiger partial charge in [0.15, 0.2) is 0 Å². The van der Waals surface area contributed by atoms with Crippen molar-refractivity contribution in [2.45, 2.75) is 194 Å². The maximum atomic E-state index is 14.9. The number of likely N-dealkylation sites (N-methyl/N-ethyl adjacent to an activating group) is 1. The Morgan fingerprint density at radius 2 is 1.12 bits per heavy atom. The van der Waals surface area contributed by atoms with Crippen molar-refractivity contribution in [3.63, 3.8) is 0 Å². The molecule has 3 saturated heterocycles. The first kappa shape index (κ1) is 88.8. The standard InChI is InChI=1S/C52H76N6O6.C40H57N5O7/c1-33(23-42(60)20-16-22-55(5)6)47-46(32-59)64-58(48(47)51(62)54-45-29-39-28-44(34(45)2)52(39,3)4)30-36-19-15-21-43(49(36)63-11)37-25-38(27-41(26-37)57(9)10)50(61)53-40(31-56(7)8)24-35-17-13-12-14-18-35;1-22-30-18-27(40(30,3)4)19-32(22)43-39(50)35-34(23(2)47)33(21-46)52-45(35)20-24-11-10-12-29(36(24)51-7)25-15-26(17-28(16-25)44(5)6)37(48)42-31-13-8-9-14-41-38(31)49/h12-15,17-19,21,25-27,33-34,39-40,44-48,59H,16,20,22-24,28-32H2,1-11H3,(H,53,61)(H,54,62);10-12,15-17,22-23,27,30-35,46-47H,8-9,13-14,18-21H2,1-7H3,(H,41,49)(H,42,48)(H,43,50)/t33-,34+,39-,40+,44+,45+,46+,47-,48+;22-,23-,27+,30-,31?,32-,33-,34-,35-/m10/s1. The van der Waals surface area contributed by atoms with Crippen LogP contribution in [0, 0.1) is 64.1 Å². The molecule has 5 amide bonds. The molecule has 3 aliphatic heterocycles. The summed E-state index contributed by atoms with van der Waals surface area (Å²) in [5.41, 5.74) is 8.86. The molecule has 4 bridgehead atoms. The van der Waals surface area contributed by atoms with Crippen LogP contribution in [0.15, 0.2) is 103 Å². The Morgan fingerprint density at radius 3 is 1.58 bits per heavy atom. The number of fused-ring (bicyclic) bond motifs is 4. The van der Waals surface area contributed by atoms with Crippen LogP contribution in [0.1, 0.15) is 157 Å². The highest BCUT2D eigenvalue weighted by Crippen LogP contribution is 2.62. The molecule has 8 N–H and O–H groups in total. The van der Waals surface area contributed by atoms with Gasteiger partial charge in [-0.15, -0.1) is 0 Å². The van der Waals surface area contributed by atoms with E-state index in [1.165, 1.54) is 12.8 Å². The quantitative estimate of drug-likeness (QED) is 0.0199. The number of nitrogens with zero attached hydrogens (tertiary/aromatic N) is 6. The fourth-order valence-electron chi connectivity index (χ4n) is 20.4.